The van der Waals surface area contributed by atoms with Crippen LogP contribution in [-0.4, -0.2) is 41.0 Å². The van der Waals surface area contributed by atoms with Crippen LogP contribution >= 0.6 is 0 Å². The van der Waals surface area contributed by atoms with Gasteiger partial charge in [0.2, 0.25) is 5.95 Å². The molecule has 5 heteroatoms. The third kappa shape index (κ3) is 5.05. The van der Waals surface area contributed by atoms with Crippen molar-refractivity contribution in [1.29, 1.82) is 0 Å². The Morgan fingerprint density at radius 2 is 1.56 bits per heavy atom. The van der Waals surface area contributed by atoms with Crippen LogP contribution in [0.25, 0.3) is 11.0 Å². The summed E-state index contributed by atoms with van der Waals surface area (Å²) in [6.45, 7) is 18.3. The molecule has 4 aromatic rings. The number of H-pyrrole nitrogens is 1. The summed E-state index contributed by atoms with van der Waals surface area (Å²) in [5.41, 5.74) is 9.11. The zero-order valence-corrected chi connectivity index (χ0v) is 24.4. The number of imidazole rings is 1. The van der Waals surface area contributed by atoms with Crippen molar-refractivity contribution < 1.29 is 0 Å². The van der Waals surface area contributed by atoms with Crippen molar-refractivity contribution in [3.63, 3.8) is 0 Å². The van der Waals surface area contributed by atoms with Gasteiger partial charge in [-0.1, -0.05) is 77.9 Å². The van der Waals surface area contributed by atoms with Crippen molar-refractivity contribution in [2.45, 2.75) is 65.2 Å². The summed E-state index contributed by atoms with van der Waals surface area (Å²) in [5, 5.41) is 3.64. The molecule has 6 rings (SSSR count). The van der Waals surface area contributed by atoms with Crippen LogP contribution in [0.1, 0.15) is 65.5 Å². The highest BCUT2D eigenvalue weighted by Gasteiger charge is 2.45. The van der Waals surface area contributed by atoms with E-state index in [4.69, 9.17) is 4.98 Å². The Hall–Kier alpha value is -3.31. The first-order valence-electron chi connectivity index (χ1n) is 14.5. The van der Waals surface area contributed by atoms with Crippen LogP contribution in [0, 0.1) is 5.41 Å². The predicted molar refractivity (Wildman–Crippen MR) is 165 cm³/mol. The smallest absolute Gasteiger partial charge is 0.205 e. The van der Waals surface area contributed by atoms with Crippen molar-refractivity contribution in [2.24, 2.45) is 5.41 Å². The molecular formula is C34H43N5. The molecule has 2 aliphatic heterocycles. The number of fused-ring (bicyclic) bond motifs is 3. The van der Waals surface area contributed by atoms with Gasteiger partial charge in [0.25, 0.3) is 0 Å². The lowest BCUT2D eigenvalue weighted by Crippen LogP contribution is -2.46. The number of aromatic amines is 1. The Balaban J connectivity index is 1.29. The highest BCUT2D eigenvalue weighted by atomic mass is 15.2. The van der Waals surface area contributed by atoms with E-state index in [0.29, 0.717) is 5.41 Å². The molecule has 3 aromatic carbocycles. The lowest BCUT2D eigenvalue weighted by atomic mass is 9.74. The molecule has 1 aromatic heterocycles. The zero-order chi connectivity index (χ0) is 27.4. The average Bonchev–Trinajstić information content (AvgIpc) is 3.43. The van der Waals surface area contributed by atoms with Gasteiger partial charge in [-0.3, -0.25) is 0 Å². The van der Waals surface area contributed by atoms with E-state index in [1.807, 2.05) is 0 Å². The van der Waals surface area contributed by atoms with Crippen LogP contribution in [-0.2, 0) is 10.8 Å². The fraction of sp³-hybridized carbons (Fsp3) is 0.441. The largest absolute Gasteiger partial charge is 0.339 e. The van der Waals surface area contributed by atoms with Gasteiger partial charge in [-0.2, -0.15) is 0 Å². The van der Waals surface area contributed by atoms with Gasteiger partial charge in [-0.15, -0.1) is 0 Å². The molecule has 2 aliphatic rings. The molecule has 204 valence electrons. The van der Waals surface area contributed by atoms with Gasteiger partial charge in [-0.25, -0.2) is 4.98 Å². The Labute approximate surface area is 233 Å². The lowest BCUT2D eigenvalue weighted by Gasteiger charge is -2.42. The van der Waals surface area contributed by atoms with Crippen LogP contribution in [0.15, 0.2) is 66.7 Å². The number of anilines is 4. The van der Waals surface area contributed by atoms with Crippen LogP contribution in [0.2, 0.25) is 0 Å². The fourth-order valence-electron chi connectivity index (χ4n) is 6.56. The van der Waals surface area contributed by atoms with E-state index in [1.54, 1.807) is 0 Å². The molecule has 39 heavy (non-hydrogen) atoms. The first kappa shape index (κ1) is 25.9. The topological polar surface area (TPSA) is 47.2 Å². The average molecular weight is 522 g/mol. The number of rotatable bonds is 4. The quantitative estimate of drug-likeness (QED) is 0.285. The van der Waals surface area contributed by atoms with Crippen molar-refractivity contribution in [3.8, 4) is 0 Å². The Morgan fingerprint density at radius 1 is 0.872 bits per heavy atom. The second kappa shape index (κ2) is 9.41. The summed E-state index contributed by atoms with van der Waals surface area (Å²) >= 11 is 0. The molecule has 1 spiro atoms. The standard InChI is InChI=1S/C34H43N5/c1-32(2,3)22-38-19-17-34(18-20-38)23-39(29-13-9-7-11-25(29)34)30-14-10-8-12-27(30)36-31-35-26-16-15-24(33(4,5)6)21-28(26)37-31/h7-16,21H,17-20,22-23H2,1-6H3,(H2,35,36,37). The minimum Gasteiger partial charge on any atom is -0.339 e. The minimum atomic E-state index is 0.0987. The zero-order valence-electron chi connectivity index (χ0n) is 24.4. The summed E-state index contributed by atoms with van der Waals surface area (Å²) in [5.74, 6) is 0.779. The van der Waals surface area contributed by atoms with Gasteiger partial charge < -0.3 is 20.1 Å². The van der Waals surface area contributed by atoms with Crippen molar-refractivity contribution in [1.82, 2.24) is 14.9 Å². The maximum atomic E-state index is 4.87. The summed E-state index contributed by atoms with van der Waals surface area (Å²) in [4.78, 5) is 13.6. The molecule has 0 radical (unpaired) electrons. The first-order valence-corrected chi connectivity index (χ1v) is 14.5. The van der Waals surface area contributed by atoms with Gasteiger partial charge in [0.05, 0.1) is 22.4 Å². The van der Waals surface area contributed by atoms with Gasteiger partial charge in [-0.05, 0) is 78.2 Å². The van der Waals surface area contributed by atoms with E-state index in [1.165, 1.54) is 35.3 Å². The van der Waals surface area contributed by atoms with Crippen LogP contribution in [0.4, 0.5) is 23.0 Å². The molecule has 0 atom stereocenters. The van der Waals surface area contributed by atoms with Gasteiger partial charge >= 0.3 is 0 Å². The number of piperidine rings is 1. The summed E-state index contributed by atoms with van der Waals surface area (Å²) in [6.07, 6.45) is 2.40. The molecule has 1 fully saturated rings. The molecule has 2 N–H and O–H groups in total. The summed E-state index contributed by atoms with van der Waals surface area (Å²) in [7, 11) is 0. The monoisotopic (exact) mass is 521 g/mol. The maximum Gasteiger partial charge on any atom is 0.205 e. The third-order valence-electron chi connectivity index (χ3n) is 8.53. The molecule has 1 saturated heterocycles. The number of nitrogens with one attached hydrogen (secondary N) is 2. The number of hydrogen-bond acceptors (Lipinski definition) is 4. The molecule has 5 nitrogen and oxygen atoms in total. The van der Waals surface area contributed by atoms with Gasteiger partial charge in [0.15, 0.2) is 0 Å². The molecule has 0 bridgehead atoms. The van der Waals surface area contributed by atoms with E-state index in [2.05, 4.69) is 128 Å². The molecule has 0 amide bonds. The fourth-order valence-corrected chi connectivity index (χ4v) is 6.56. The number of hydrogen-bond donors (Lipinski definition) is 2. The summed E-state index contributed by atoms with van der Waals surface area (Å²) in [6, 6.07) is 24.3. The second-order valence-electron chi connectivity index (χ2n) is 13.9. The molecule has 0 saturated carbocycles. The molecule has 0 unspecified atom stereocenters. The number of aromatic nitrogens is 2. The first-order chi connectivity index (χ1) is 18.5. The van der Waals surface area contributed by atoms with Crippen LogP contribution < -0.4 is 10.2 Å². The minimum absolute atomic E-state index is 0.0987. The number of para-hydroxylation sites is 3. The molecular weight excluding hydrogens is 478 g/mol. The normalized spacial score (nSPS) is 17.6. The van der Waals surface area contributed by atoms with E-state index in [-0.39, 0.29) is 10.8 Å². The second-order valence-corrected chi connectivity index (χ2v) is 13.9. The Bertz CT molecular complexity index is 1480. The highest BCUT2D eigenvalue weighted by molar-refractivity contribution is 5.85. The SMILES string of the molecule is CC(C)(C)CN1CCC2(CC1)CN(c1ccccc1Nc1nc3ccc(C(C)(C)C)cc3[nH]1)c1ccccc12. The van der Waals surface area contributed by atoms with E-state index < -0.39 is 0 Å². The van der Waals surface area contributed by atoms with Crippen LogP contribution in [0.3, 0.4) is 0 Å². The lowest BCUT2D eigenvalue weighted by molar-refractivity contribution is 0.125. The van der Waals surface area contributed by atoms with E-state index in [0.717, 1.165) is 48.8 Å². The highest BCUT2D eigenvalue weighted by Crippen LogP contribution is 2.51. The van der Waals surface area contributed by atoms with Gasteiger partial charge in [0, 0.05) is 24.2 Å². The Morgan fingerprint density at radius 3 is 2.28 bits per heavy atom. The van der Waals surface area contributed by atoms with Crippen molar-refractivity contribution >= 4 is 34.0 Å². The predicted octanol–water partition coefficient (Wildman–Crippen LogP) is 8.14. The molecule has 3 heterocycles. The van der Waals surface area contributed by atoms with Crippen molar-refractivity contribution in [2.75, 3.05) is 36.4 Å². The van der Waals surface area contributed by atoms with Crippen LogP contribution in [0.5, 0.6) is 0 Å². The summed E-state index contributed by atoms with van der Waals surface area (Å²) < 4.78 is 0. The number of likely N-dealkylation sites (tertiary alicyclic amines) is 1. The maximum absolute atomic E-state index is 4.87. The number of benzene rings is 3. The third-order valence-corrected chi connectivity index (χ3v) is 8.53. The van der Waals surface area contributed by atoms with Crippen molar-refractivity contribution in [3.05, 3.63) is 77.9 Å². The van der Waals surface area contributed by atoms with E-state index >= 15 is 0 Å². The number of nitrogens with zero attached hydrogens (tertiary/aromatic N) is 3. The van der Waals surface area contributed by atoms with E-state index in [9.17, 15) is 0 Å². The van der Waals surface area contributed by atoms with Gasteiger partial charge in [0.1, 0.15) is 0 Å². The molecule has 0 aliphatic carbocycles. The Kier molecular flexibility index (Phi) is 6.26.